The Hall–Kier alpha value is -1.18. The van der Waals surface area contributed by atoms with Crippen LogP contribution in [-0.4, -0.2) is 57.6 Å². The minimum absolute atomic E-state index is 0.363. The van der Waals surface area contributed by atoms with Gasteiger partial charge in [0.1, 0.15) is 24.4 Å². The zero-order valence-corrected chi connectivity index (χ0v) is 10.4. The number of nitrogen functional groups attached to an aromatic ring is 1. The molecule has 1 saturated heterocycles. The molecule has 1 heterocycles. The third kappa shape index (κ3) is 3.05. The molecule has 1 aliphatic heterocycles. The summed E-state index contributed by atoms with van der Waals surface area (Å²) in [6, 6.07) is 7.08. The summed E-state index contributed by atoms with van der Waals surface area (Å²) in [6.45, 7) is -0.414. The molecule has 6 N–H and O–H groups in total. The third-order valence-corrected chi connectivity index (χ3v) is 3.41. The first kappa shape index (κ1) is 14.2. The summed E-state index contributed by atoms with van der Waals surface area (Å²) < 4.78 is 5.42. The summed E-state index contributed by atoms with van der Waals surface area (Å²) in [5.41, 5.74) is 7.11. The van der Waals surface area contributed by atoms with Crippen molar-refractivity contribution in [3.05, 3.63) is 29.8 Å². The number of rotatable bonds is 3. The lowest BCUT2D eigenvalue weighted by Gasteiger charge is -2.40. The number of hydrogen-bond donors (Lipinski definition) is 5. The summed E-state index contributed by atoms with van der Waals surface area (Å²) in [5, 5.41) is 38.3. The molecule has 0 amide bonds. The molecule has 19 heavy (non-hydrogen) atoms. The van der Waals surface area contributed by atoms with E-state index in [1.165, 1.54) is 0 Å². The third-order valence-electron chi connectivity index (χ3n) is 3.41. The van der Waals surface area contributed by atoms with Crippen molar-refractivity contribution in [2.75, 3.05) is 12.3 Å². The monoisotopic (exact) mass is 269 g/mol. The van der Waals surface area contributed by atoms with Crippen LogP contribution in [0.15, 0.2) is 24.3 Å². The quantitative estimate of drug-likeness (QED) is 0.433. The van der Waals surface area contributed by atoms with Crippen molar-refractivity contribution in [2.24, 2.45) is 0 Å². The number of aliphatic hydroxyl groups excluding tert-OH is 4. The lowest BCUT2D eigenvalue weighted by Crippen LogP contribution is -2.58. The van der Waals surface area contributed by atoms with E-state index in [1.54, 1.807) is 24.3 Å². The smallest absolute Gasteiger partial charge is 0.111 e. The van der Waals surface area contributed by atoms with Crippen LogP contribution in [0.2, 0.25) is 0 Å². The van der Waals surface area contributed by atoms with Crippen molar-refractivity contribution < 1.29 is 25.2 Å². The van der Waals surface area contributed by atoms with Gasteiger partial charge in [0, 0.05) is 12.1 Å². The van der Waals surface area contributed by atoms with Crippen LogP contribution in [0.1, 0.15) is 5.56 Å². The molecule has 0 bridgehead atoms. The molecule has 0 aliphatic carbocycles. The molecule has 1 aromatic carbocycles. The van der Waals surface area contributed by atoms with Crippen molar-refractivity contribution in [1.82, 2.24) is 0 Å². The first-order chi connectivity index (χ1) is 9.02. The fraction of sp³-hybridized carbons (Fsp3) is 0.538. The molecule has 0 aromatic heterocycles. The average molecular weight is 269 g/mol. The Balaban J connectivity index is 2.08. The van der Waals surface area contributed by atoms with Gasteiger partial charge in [-0.05, 0) is 17.7 Å². The van der Waals surface area contributed by atoms with Crippen LogP contribution in [0.4, 0.5) is 5.69 Å². The molecule has 5 atom stereocenters. The Morgan fingerprint density at radius 2 is 1.53 bits per heavy atom. The Morgan fingerprint density at radius 3 is 2.11 bits per heavy atom. The molecule has 2 rings (SSSR count). The van der Waals surface area contributed by atoms with Crippen LogP contribution in [0.3, 0.4) is 0 Å². The highest BCUT2D eigenvalue weighted by Gasteiger charge is 2.43. The van der Waals surface area contributed by atoms with E-state index in [0.29, 0.717) is 12.1 Å². The molecule has 1 aromatic rings. The van der Waals surface area contributed by atoms with Crippen LogP contribution in [0, 0.1) is 0 Å². The molecular weight excluding hydrogens is 250 g/mol. The standard InChI is InChI=1S/C13H19NO5/c14-8-3-1-7(2-4-8)5-9-11(16)13(18)12(17)10(6-15)19-9/h1-4,9-13,15-18H,5-6,14H2/t9-,10?,11?,12-,13?/m1/s1. The van der Waals surface area contributed by atoms with Gasteiger partial charge in [-0.15, -0.1) is 0 Å². The predicted molar refractivity (Wildman–Crippen MR) is 68.3 cm³/mol. The van der Waals surface area contributed by atoms with Gasteiger partial charge in [-0.3, -0.25) is 0 Å². The van der Waals surface area contributed by atoms with Crippen LogP contribution in [0.25, 0.3) is 0 Å². The van der Waals surface area contributed by atoms with E-state index in [9.17, 15) is 15.3 Å². The largest absolute Gasteiger partial charge is 0.399 e. The van der Waals surface area contributed by atoms with Gasteiger partial charge in [0.15, 0.2) is 0 Å². The topological polar surface area (TPSA) is 116 Å². The number of aliphatic hydroxyl groups is 4. The number of hydrogen-bond acceptors (Lipinski definition) is 6. The Morgan fingerprint density at radius 1 is 0.947 bits per heavy atom. The molecule has 1 fully saturated rings. The summed E-state index contributed by atoms with van der Waals surface area (Å²) in [4.78, 5) is 0. The lowest BCUT2D eigenvalue weighted by atomic mass is 9.91. The Bertz CT molecular complexity index is 408. The van der Waals surface area contributed by atoms with E-state index in [0.717, 1.165) is 5.56 Å². The molecule has 6 heteroatoms. The van der Waals surface area contributed by atoms with Crippen molar-refractivity contribution in [3.8, 4) is 0 Å². The molecular formula is C13H19NO5. The first-order valence-corrected chi connectivity index (χ1v) is 6.18. The SMILES string of the molecule is Nc1ccc(C[C@H]2OC(CO)[C@@H](O)C(O)C2O)cc1. The van der Waals surface area contributed by atoms with E-state index < -0.39 is 37.1 Å². The van der Waals surface area contributed by atoms with Gasteiger partial charge in [-0.25, -0.2) is 0 Å². The van der Waals surface area contributed by atoms with Gasteiger partial charge in [-0.2, -0.15) is 0 Å². The highest BCUT2D eigenvalue weighted by atomic mass is 16.5. The number of nitrogens with two attached hydrogens (primary N) is 1. The lowest BCUT2D eigenvalue weighted by molar-refractivity contribution is -0.228. The molecule has 3 unspecified atom stereocenters. The van der Waals surface area contributed by atoms with Crippen LogP contribution in [-0.2, 0) is 11.2 Å². The van der Waals surface area contributed by atoms with E-state index in [-0.39, 0.29) is 0 Å². The van der Waals surface area contributed by atoms with Gasteiger partial charge in [0.2, 0.25) is 0 Å². The Labute approximate surface area is 111 Å². The predicted octanol–water partition coefficient (Wildman–Crippen LogP) is -1.35. The van der Waals surface area contributed by atoms with E-state index in [2.05, 4.69) is 0 Å². The normalized spacial score (nSPS) is 35.3. The number of benzene rings is 1. The van der Waals surface area contributed by atoms with E-state index in [1.807, 2.05) is 0 Å². The molecule has 0 spiro atoms. The fourth-order valence-corrected chi connectivity index (χ4v) is 2.23. The minimum Gasteiger partial charge on any atom is -0.399 e. The maximum atomic E-state index is 9.90. The second-order valence-corrected chi connectivity index (χ2v) is 4.81. The molecule has 0 saturated carbocycles. The highest BCUT2D eigenvalue weighted by molar-refractivity contribution is 5.39. The molecule has 6 nitrogen and oxygen atoms in total. The van der Waals surface area contributed by atoms with Crippen molar-refractivity contribution in [2.45, 2.75) is 36.9 Å². The summed E-state index contributed by atoms with van der Waals surface area (Å²) in [6.07, 6.45) is -5.03. The van der Waals surface area contributed by atoms with Gasteiger partial charge in [0.25, 0.3) is 0 Å². The van der Waals surface area contributed by atoms with Gasteiger partial charge in [0.05, 0.1) is 12.7 Å². The van der Waals surface area contributed by atoms with Crippen LogP contribution >= 0.6 is 0 Å². The van der Waals surface area contributed by atoms with Crippen molar-refractivity contribution in [1.29, 1.82) is 0 Å². The maximum Gasteiger partial charge on any atom is 0.111 e. The summed E-state index contributed by atoms with van der Waals surface area (Å²) >= 11 is 0. The second-order valence-electron chi connectivity index (χ2n) is 4.81. The van der Waals surface area contributed by atoms with Crippen LogP contribution < -0.4 is 5.73 Å². The summed E-state index contributed by atoms with van der Waals surface area (Å²) in [7, 11) is 0. The number of anilines is 1. The second kappa shape index (κ2) is 5.85. The van der Waals surface area contributed by atoms with E-state index in [4.69, 9.17) is 15.6 Å². The molecule has 0 radical (unpaired) electrons. The number of ether oxygens (including phenoxy) is 1. The minimum atomic E-state index is -1.33. The maximum absolute atomic E-state index is 9.90. The molecule has 1 aliphatic rings. The fourth-order valence-electron chi connectivity index (χ4n) is 2.23. The summed E-state index contributed by atoms with van der Waals surface area (Å²) in [5.74, 6) is 0. The van der Waals surface area contributed by atoms with Crippen molar-refractivity contribution in [3.63, 3.8) is 0 Å². The van der Waals surface area contributed by atoms with Gasteiger partial charge in [-0.1, -0.05) is 12.1 Å². The van der Waals surface area contributed by atoms with Gasteiger partial charge >= 0.3 is 0 Å². The van der Waals surface area contributed by atoms with Crippen molar-refractivity contribution >= 4 is 5.69 Å². The Kier molecular flexibility index (Phi) is 4.38. The highest BCUT2D eigenvalue weighted by Crippen LogP contribution is 2.24. The first-order valence-electron chi connectivity index (χ1n) is 6.18. The average Bonchev–Trinajstić information content (AvgIpc) is 2.42. The zero-order chi connectivity index (χ0) is 14.0. The van der Waals surface area contributed by atoms with Gasteiger partial charge < -0.3 is 30.9 Å². The van der Waals surface area contributed by atoms with Crippen LogP contribution in [0.5, 0.6) is 0 Å². The molecule has 106 valence electrons. The van der Waals surface area contributed by atoms with E-state index >= 15 is 0 Å². The zero-order valence-electron chi connectivity index (χ0n) is 10.4.